The van der Waals surface area contributed by atoms with Crippen LogP contribution in [0.25, 0.3) is 0 Å². The Kier molecular flexibility index (Phi) is 7.40. The van der Waals surface area contributed by atoms with Crippen LogP contribution >= 0.6 is 35.6 Å². The maximum Gasteiger partial charge on any atom is 0.191 e. The molecule has 1 atom stereocenters. The molecule has 6 heteroatoms. The van der Waals surface area contributed by atoms with Crippen LogP contribution in [0.3, 0.4) is 0 Å². The van der Waals surface area contributed by atoms with Gasteiger partial charge in [0.25, 0.3) is 0 Å². The lowest BCUT2D eigenvalue weighted by Crippen LogP contribution is -2.47. The number of halogens is 2. The molecule has 0 aromatic heterocycles. The molecule has 0 amide bonds. The third kappa shape index (κ3) is 5.47. The van der Waals surface area contributed by atoms with Crippen molar-refractivity contribution in [1.82, 2.24) is 15.5 Å². The first-order valence-corrected chi connectivity index (χ1v) is 9.29. The molecule has 4 nitrogen and oxygen atoms in total. The molecular weight excluding hydrogens is 447 g/mol. The van der Waals surface area contributed by atoms with Gasteiger partial charge in [-0.3, -0.25) is 4.99 Å². The van der Waals surface area contributed by atoms with Gasteiger partial charge < -0.3 is 15.5 Å². The minimum atomic E-state index is 0. The molecular formula is C19H30ClIN4. The lowest BCUT2D eigenvalue weighted by Gasteiger charge is -2.26. The topological polar surface area (TPSA) is 39.7 Å². The second kappa shape index (κ2) is 8.91. The highest BCUT2D eigenvalue weighted by atomic mass is 127. The molecule has 2 aliphatic rings. The molecule has 0 radical (unpaired) electrons. The number of nitrogens with zero attached hydrogens (tertiary/aromatic N) is 2. The average Bonchev–Trinajstić information content (AvgIpc) is 3.45. The molecule has 25 heavy (non-hydrogen) atoms. The van der Waals surface area contributed by atoms with Crippen molar-refractivity contribution in [2.75, 3.05) is 34.2 Å². The third-order valence-corrected chi connectivity index (χ3v) is 5.65. The molecule has 0 bridgehead atoms. The van der Waals surface area contributed by atoms with Crippen molar-refractivity contribution in [3.05, 3.63) is 34.9 Å². The van der Waals surface area contributed by atoms with Gasteiger partial charge in [0, 0.05) is 36.6 Å². The third-order valence-electron chi connectivity index (χ3n) is 5.42. The normalized spacial score (nSPS) is 20.0. The molecule has 0 heterocycles. The second-order valence-electron chi connectivity index (χ2n) is 7.47. The van der Waals surface area contributed by atoms with Gasteiger partial charge in [0.1, 0.15) is 0 Å². The van der Waals surface area contributed by atoms with E-state index in [2.05, 4.69) is 46.8 Å². The van der Waals surface area contributed by atoms with Crippen LogP contribution in [-0.2, 0) is 5.41 Å². The van der Waals surface area contributed by atoms with E-state index < -0.39 is 0 Å². The average molecular weight is 477 g/mol. The Morgan fingerprint density at radius 2 is 2.04 bits per heavy atom. The molecule has 0 saturated heterocycles. The lowest BCUT2D eigenvalue weighted by atomic mass is 9.96. The maximum atomic E-state index is 6.16. The van der Waals surface area contributed by atoms with E-state index in [-0.39, 0.29) is 29.4 Å². The van der Waals surface area contributed by atoms with Gasteiger partial charge in [-0.25, -0.2) is 0 Å². The van der Waals surface area contributed by atoms with E-state index in [9.17, 15) is 0 Å². The van der Waals surface area contributed by atoms with E-state index in [1.165, 1.54) is 31.2 Å². The van der Waals surface area contributed by atoms with Crippen LogP contribution in [0.1, 0.15) is 31.2 Å². The monoisotopic (exact) mass is 476 g/mol. The van der Waals surface area contributed by atoms with Crippen molar-refractivity contribution in [1.29, 1.82) is 0 Å². The number of hydrogen-bond donors (Lipinski definition) is 2. The van der Waals surface area contributed by atoms with Gasteiger partial charge in [0.2, 0.25) is 0 Å². The van der Waals surface area contributed by atoms with Gasteiger partial charge in [-0.05, 0) is 63.4 Å². The summed E-state index contributed by atoms with van der Waals surface area (Å²) in [4.78, 5) is 6.72. The van der Waals surface area contributed by atoms with Crippen LogP contribution in [0.2, 0.25) is 5.02 Å². The fourth-order valence-electron chi connectivity index (χ4n) is 3.46. The summed E-state index contributed by atoms with van der Waals surface area (Å²) in [6, 6.07) is 8.86. The Balaban J connectivity index is 0.00000225. The molecule has 2 aliphatic carbocycles. The molecule has 3 rings (SSSR count). The summed E-state index contributed by atoms with van der Waals surface area (Å²) in [6.45, 7) is 1.85. The van der Waals surface area contributed by atoms with Crippen LogP contribution in [0, 0.1) is 5.92 Å². The Morgan fingerprint density at radius 1 is 1.32 bits per heavy atom. The predicted octanol–water partition coefficient (Wildman–Crippen LogP) is 3.49. The van der Waals surface area contributed by atoms with Gasteiger partial charge in [0.15, 0.2) is 5.96 Å². The Morgan fingerprint density at radius 3 is 2.56 bits per heavy atom. The molecule has 2 saturated carbocycles. The Labute approximate surface area is 173 Å². The quantitative estimate of drug-likeness (QED) is 0.359. The van der Waals surface area contributed by atoms with Crippen LogP contribution in [0.15, 0.2) is 29.3 Å². The zero-order chi connectivity index (χ0) is 17.2. The summed E-state index contributed by atoms with van der Waals surface area (Å²) < 4.78 is 0. The van der Waals surface area contributed by atoms with Gasteiger partial charge in [0.05, 0.1) is 0 Å². The van der Waals surface area contributed by atoms with E-state index >= 15 is 0 Å². The first-order chi connectivity index (χ1) is 11.5. The summed E-state index contributed by atoms with van der Waals surface area (Å²) in [5.41, 5.74) is 1.56. The number of hydrogen-bond acceptors (Lipinski definition) is 2. The minimum Gasteiger partial charge on any atom is -0.356 e. The largest absolute Gasteiger partial charge is 0.356 e. The number of likely N-dealkylation sites (N-methyl/N-ethyl adjacent to an activating group) is 1. The van der Waals surface area contributed by atoms with Gasteiger partial charge >= 0.3 is 0 Å². The first-order valence-electron chi connectivity index (χ1n) is 8.91. The molecule has 0 aliphatic heterocycles. The molecule has 1 aromatic carbocycles. The molecule has 1 unspecified atom stereocenters. The molecule has 2 N–H and O–H groups in total. The predicted molar refractivity (Wildman–Crippen MR) is 117 cm³/mol. The fourth-order valence-corrected chi connectivity index (χ4v) is 3.65. The summed E-state index contributed by atoms with van der Waals surface area (Å²) in [7, 11) is 6.18. The minimum absolute atomic E-state index is 0. The molecule has 0 spiro atoms. The second-order valence-corrected chi connectivity index (χ2v) is 7.90. The van der Waals surface area contributed by atoms with Crippen LogP contribution < -0.4 is 10.6 Å². The molecule has 2 fully saturated rings. The van der Waals surface area contributed by atoms with E-state index in [4.69, 9.17) is 11.6 Å². The Bertz CT molecular complexity index is 595. The highest BCUT2D eigenvalue weighted by Crippen LogP contribution is 2.48. The summed E-state index contributed by atoms with van der Waals surface area (Å²) in [6.07, 6.45) is 5.13. The van der Waals surface area contributed by atoms with Gasteiger partial charge in [-0.15, -0.1) is 24.0 Å². The summed E-state index contributed by atoms with van der Waals surface area (Å²) in [5.74, 6) is 1.74. The van der Waals surface area contributed by atoms with E-state index in [1.54, 1.807) is 0 Å². The summed E-state index contributed by atoms with van der Waals surface area (Å²) in [5, 5.41) is 7.85. The number of guanidine groups is 1. The van der Waals surface area contributed by atoms with Crippen molar-refractivity contribution in [2.24, 2.45) is 10.9 Å². The van der Waals surface area contributed by atoms with E-state index in [1.807, 2.05) is 19.2 Å². The summed E-state index contributed by atoms with van der Waals surface area (Å²) >= 11 is 6.16. The highest BCUT2D eigenvalue weighted by Gasteiger charge is 2.44. The van der Waals surface area contributed by atoms with Crippen LogP contribution in [0.4, 0.5) is 0 Å². The smallest absolute Gasteiger partial charge is 0.191 e. The van der Waals surface area contributed by atoms with Crippen LogP contribution in [0.5, 0.6) is 0 Å². The standard InChI is InChI=1S/C19H29ClN4.HI/c1-21-18(22-12-17(24(2)3)14-7-8-14)23-13-19(9-10-19)15-5-4-6-16(20)11-15;/h4-6,11,14,17H,7-10,12-13H2,1-3H3,(H2,21,22,23);1H. The number of rotatable bonds is 7. The van der Waals surface area contributed by atoms with Crippen molar-refractivity contribution < 1.29 is 0 Å². The van der Waals surface area contributed by atoms with Crippen LogP contribution in [-0.4, -0.2) is 51.1 Å². The van der Waals surface area contributed by atoms with E-state index in [0.29, 0.717) is 6.04 Å². The number of aliphatic imine (C=N–C) groups is 1. The number of benzene rings is 1. The zero-order valence-corrected chi connectivity index (χ0v) is 18.5. The van der Waals surface area contributed by atoms with Crippen molar-refractivity contribution in [3.63, 3.8) is 0 Å². The fraction of sp³-hybridized carbons (Fsp3) is 0.632. The molecule has 140 valence electrons. The molecule has 1 aromatic rings. The van der Waals surface area contributed by atoms with Gasteiger partial charge in [-0.1, -0.05) is 23.7 Å². The number of nitrogens with one attached hydrogen (secondary N) is 2. The van der Waals surface area contributed by atoms with Crippen molar-refractivity contribution in [3.8, 4) is 0 Å². The van der Waals surface area contributed by atoms with E-state index in [0.717, 1.165) is 30.0 Å². The maximum absolute atomic E-state index is 6.16. The van der Waals surface area contributed by atoms with Crippen molar-refractivity contribution in [2.45, 2.75) is 37.1 Å². The Hall–Kier alpha value is -0.530. The zero-order valence-electron chi connectivity index (χ0n) is 15.4. The van der Waals surface area contributed by atoms with Crippen molar-refractivity contribution >= 4 is 41.5 Å². The SMILES string of the molecule is CN=C(NCC(C1CC1)N(C)C)NCC1(c2cccc(Cl)c2)CC1.I. The highest BCUT2D eigenvalue weighted by molar-refractivity contribution is 14.0. The van der Waals surface area contributed by atoms with Gasteiger partial charge in [-0.2, -0.15) is 0 Å². The lowest BCUT2D eigenvalue weighted by molar-refractivity contribution is 0.264. The first kappa shape index (κ1) is 20.8.